The number of aliphatic hydroxyl groups is 1. The maximum atomic E-state index is 9.36. The van der Waals surface area contributed by atoms with Gasteiger partial charge in [0.05, 0.1) is 12.7 Å². The van der Waals surface area contributed by atoms with Crippen LogP contribution in [-0.2, 0) is 4.74 Å². The molecule has 0 fully saturated rings. The van der Waals surface area contributed by atoms with Gasteiger partial charge in [0.2, 0.25) is 0 Å². The third-order valence-electron chi connectivity index (χ3n) is 3.47. The number of rotatable bonds is 12. The van der Waals surface area contributed by atoms with Crippen molar-refractivity contribution >= 4 is 0 Å². The monoisotopic (exact) mass is 259 g/mol. The smallest absolute Gasteiger partial charge is 0.0611 e. The van der Waals surface area contributed by atoms with Crippen molar-refractivity contribution in [1.82, 2.24) is 5.32 Å². The van der Waals surface area contributed by atoms with Crippen molar-refractivity contribution in [2.45, 2.75) is 77.9 Å². The van der Waals surface area contributed by atoms with Crippen LogP contribution in [0.1, 0.15) is 66.2 Å². The van der Waals surface area contributed by atoms with Gasteiger partial charge in [-0.3, -0.25) is 0 Å². The van der Waals surface area contributed by atoms with Crippen LogP contribution in [0.4, 0.5) is 0 Å². The van der Waals surface area contributed by atoms with E-state index in [9.17, 15) is 5.11 Å². The number of unbranched alkanes of at least 4 members (excludes halogenated alkanes) is 3. The van der Waals surface area contributed by atoms with Crippen LogP contribution < -0.4 is 5.32 Å². The first-order valence-corrected chi connectivity index (χ1v) is 7.55. The van der Waals surface area contributed by atoms with E-state index in [2.05, 4.69) is 26.1 Å². The van der Waals surface area contributed by atoms with E-state index in [1.807, 2.05) is 6.92 Å². The van der Waals surface area contributed by atoms with Gasteiger partial charge in [0.1, 0.15) is 0 Å². The molecule has 2 N–H and O–H groups in total. The highest BCUT2D eigenvalue weighted by Gasteiger charge is 2.21. The van der Waals surface area contributed by atoms with Gasteiger partial charge in [-0.2, -0.15) is 0 Å². The van der Waals surface area contributed by atoms with Crippen molar-refractivity contribution in [2.75, 3.05) is 19.8 Å². The second-order valence-electron chi connectivity index (χ2n) is 5.53. The molecule has 0 heterocycles. The molecular weight excluding hydrogens is 226 g/mol. The Morgan fingerprint density at radius 2 is 1.94 bits per heavy atom. The fourth-order valence-electron chi connectivity index (χ4n) is 2.08. The van der Waals surface area contributed by atoms with Crippen LogP contribution in [0.5, 0.6) is 0 Å². The summed E-state index contributed by atoms with van der Waals surface area (Å²) in [6.45, 7) is 10.3. The normalized spacial score (nSPS) is 16.5. The van der Waals surface area contributed by atoms with Crippen LogP contribution in [0, 0.1) is 0 Å². The highest BCUT2D eigenvalue weighted by molar-refractivity contribution is 4.81. The Balaban J connectivity index is 3.62. The minimum Gasteiger partial charge on any atom is -0.394 e. The molecule has 0 aromatic rings. The number of nitrogens with one attached hydrogen (secondary N) is 1. The maximum Gasteiger partial charge on any atom is 0.0611 e. The minimum absolute atomic E-state index is 0.162. The first-order chi connectivity index (χ1) is 8.58. The van der Waals surface area contributed by atoms with Gasteiger partial charge in [-0.15, -0.1) is 0 Å². The van der Waals surface area contributed by atoms with Gasteiger partial charge in [0, 0.05) is 12.1 Å². The molecule has 0 amide bonds. The van der Waals surface area contributed by atoms with Gasteiger partial charge < -0.3 is 15.2 Å². The molecule has 2 unspecified atom stereocenters. The summed E-state index contributed by atoms with van der Waals surface area (Å²) in [5.74, 6) is 0. The quantitative estimate of drug-likeness (QED) is 0.529. The van der Waals surface area contributed by atoms with Crippen LogP contribution in [0.15, 0.2) is 0 Å². The molecule has 0 aliphatic rings. The van der Waals surface area contributed by atoms with Crippen molar-refractivity contribution in [3.05, 3.63) is 0 Å². The number of ether oxygens (including phenoxy) is 1. The lowest BCUT2D eigenvalue weighted by Crippen LogP contribution is -2.46. The fourth-order valence-corrected chi connectivity index (χ4v) is 2.08. The first kappa shape index (κ1) is 17.9. The van der Waals surface area contributed by atoms with Crippen molar-refractivity contribution in [1.29, 1.82) is 0 Å². The molecule has 110 valence electrons. The van der Waals surface area contributed by atoms with Gasteiger partial charge in [-0.25, -0.2) is 0 Å². The van der Waals surface area contributed by atoms with E-state index < -0.39 is 0 Å². The summed E-state index contributed by atoms with van der Waals surface area (Å²) in [7, 11) is 0. The van der Waals surface area contributed by atoms with E-state index in [1.54, 1.807) is 0 Å². The first-order valence-electron chi connectivity index (χ1n) is 7.55. The van der Waals surface area contributed by atoms with E-state index in [0.29, 0.717) is 6.10 Å². The zero-order valence-corrected chi connectivity index (χ0v) is 12.8. The van der Waals surface area contributed by atoms with Gasteiger partial charge in [0.15, 0.2) is 0 Å². The summed E-state index contributed by atoms with van der Waals surface area (Å²) in [6.07, 6.45) is 7.54. The molecule has 0 aromatic heterocycles. The lowest BCUT2D eigenvalue weighted by Gasteiger charge is -2.28. The van der Waals surface area contributed by atoms with Crippen LogP contribution >= 0.6 is 0 Å². The SMILES string of the molecule is CCCCCCC(C)OCCC(C)(CO)NCC. The zero-order valence-electron chi connectivity index (χ0n) is 12.8. The highest BCUT2D eigenvalue weighted by Crippen LogP contribution is 2.12. The Hall–Kier alpha value is -0.120. The molecule has 0 aromatic carbocycles. The summed E-state index contributed by atoms with van der Waals surface area (Å²) in [4.78, 5) is 0. The largest absolute Gasteiger partial charge is 0.394 e. The summed E-state index contributed by atoms with van der Waals surface area (Å²) in [5.41, 5.74) is -0.198. The third-order valence-corrected chi connectivity index (χ3v) is 3.47. The molecule has 0 bridgehead atoms. The summed E-state index contributed by atoms with van der Waals surface area (Å²) in [5, 5.41) is 12.7. The van der Waals surface area contributed by atoms with E-state index in [4.69, 9.17) is 4.74 Å². The molecule has 3 heteroatoms. The Labute approximate surface area is 113 Å². The Morgan fingerprint density at radius 1 is 1.22 bits per heavy atom. The molecule has 18 heavy (non-hydrogen) atoms. The zero-order chi connectivity index (χ0) is 13.9. The standard InChI is InChI=1S/C15H33NO2/c1-5-7-8-9-10-14(3)18-12-11-15(4,13-17)16-6-2/h14,16-17H,5-13H2,1-4H3. The predicted octanol–water partition coefficient (Wildman–Crippen LogP) is 3.11. The van der Waals surface area contributed by atoms with E-state index in [1.165, 1.54) is 25.7 Å². The highest BCUT2D eigenvalue weighted by atomic mass is 16.5. The van der Waals surface area contributed by atoms with Crippen molar-refractivity contribution in [3.63, 3.8) is 0 Å². The number of aliphatic hydroxyl groups excluding tert-OH is 1. The molecule has 0 rings (SSSR count). The second kappa shape index (κ2) is 10.8. The van der Waals surface area contributed by atoms with Crippen LogP contribution in [0.3, 0.4) is 0 Å². The molecule has 0 aliphatic carbocycles. The molecule has 0 saturated heterocycles. The summed E-state index contributed by atoms with van der Waals surface area (Å²) >= 11 is 0. The Bertz CT molecular complexity index is 187. The van der Waals surface area contributed by atoms with Crippen LogP contribution in [-0.4, -0.2) is 36.5 Å². The molecule has 0 saturated carbocycles. The van der Waals surface area contributed by atoms with Crippen LogP contribution in [0.25, 0.3) is 0 Å². The van der Waals surface area contributed by atoms with E-state index >= 15 is 0 Å². The summed E-state index contributed by atoms with van der Waals surface area (Å²) < 4.78 is 5.81. The minimum atomic E-state index is -0.198. The maximum absolute atomic E-state index is 9.36. The molecule has 0 aliphatic heterocycles. The molecule has 0 radical (unpaired) electrons. The van der Waals surface area contributed by atoms with E-state index in [0.717, 1.165) is 26.0 Å². The molecule has 0 spiro atoms. The molecule has 3 nitrogen and oxygen atoms in total. The van der Waals surface area contributed by atoms with Gasteiger partial charge in [0.25, 0.3) is 0 Å². The Morgan fingerprint density at radius 3 is 2.50 bits per heavy atom. The van der Waals surface area contributed by atoms with Crippen molar-refractivity contribution in [2.24, 2.45) is 0 Å². The van der Waals surface area contributed by atoms with Crippen molar-refractivity contribution in [3.8, 4) is 0 Å². The van der Waals surface area contributed by atoms with Crippen LogP contribution in [0.2, 0.25) is 0 Å². The van der Waals surface area contributed by atoms with Gasteiger partial charge in [-0.1, -0.05) is 39.5 Å². The summed E-state index contributed by atoms with van der Waals surface area (Å²) in [6, 6.07) is 0. The fraction of sp³-hybridized carbons (Fsp3) is 1.00. The molecule has 2 atom stereocenters. The third kappa shape index (κ3) is 8.90. The predicted molar refractivity (Wildman–Crippen MR) is 78.0 cm³/mol. The average molecular weight is 259 g/mol. The Kier molecular flexibility index (Phi) is 10.7. The van der Waals surface area contributed by atoms with Gasteiger partial charge in [-0.05, 0) is 33.2 Å². The lowest BCUT2D eigenvalue weighted by atomic mass is 9.99. The average Bonchev–Trinajstić information content (AvgIpc) is 2.35. The van der Waals surface area contributed by atoms with Gasteiger partial charge >= 0.3 is 0 Å². The topological polar surface area (TPSA) is 41.5 Å². The second-order valence-corrected chi connectivity index (χ2v) is 5.53. The van der Waals surface area contributed by atoms with Crippen molar-refractivity contribution < 1.29 is 9.84 Å². The number of hydrogen-bond acceptors (Lipinski definition) is 3. The number of likely N-dealkylation sites (N-methyl/N-ethyl adjacent to an activating group) is 1. The number of hydrogen-bond donors (Lipinski definition) is 2. The molecular formula is C15H33NO2. The van der Waals surface area contributed by atoms with E-state index in [-0.39, 0.29) is 12.1 Å². The lowest BCUT2D eigenvalue weighted by molar-refractivity contribution is 0.0354.